The van der Waals surface area contributed by atoms with Crippen molar-refractivity contribution in [2.75, 3.05) is 0 Å². The van der Waals surface area contributed by atoms with Crippen LogP contribution >= 0.6 is 0 Å². The monoisotopic (exact) mass is 381 g/mol. The van der Waals surface area contributed by atoms with Gasteiger partial charge in [-0.3, -0.25) is 0 Å². The number of fused-ring (bicyclic) bond motifs is 3. The molecule has 2 aromatic carbocycles. The lowest BCUT2D eigenvalue weighted by atomic mass is 9.82. The van der Waals surface area contributed by atoms with Crippen molar-refractivity contribution in [1.82, 2.24) is 0 Å². The van der Waals surface area contributed by atoms with Gasteiger partial charge in [-0.2, -0.15) is 0 Å². The van der Waals surface area contributed by atoms with Gasteiger partial charge in [0, 0.05) is 22.9 Å². The molecule has 0 bridgehead atoms. The Labute approximate surface area is 171 Å². The summed E-state index contributed by atoms with van der Waals surface area (Å²) in [4.78, 5) is 3.96. The van der Waals surface area contributed by atoms with Gasteiger partial charge in [0.1, 0.15) is 18.2 Å². The molecule has 2 aromatic heterocycles. The topological polar surface area (TPSA) is 21.4 Å². The SMILES string of the molecule is [C-]#[N+]c1c(-c2cccc[n+]2C)c(C)cc2c1oc1cccc(C3CCCCC3)c12. The van der Waals surface area contributed by atoms with Crippen LogP contribution in [0.3, 0.4) is 0 Å². The lowest BCUT2D eigenvalue weighted by molar-refractivity contribution is -0.660. The summed E-state index contributed by atoms with van der Waals surface area (Å²) in [5.74, 6) is 0.594. The first-order valence-electron chi connectivity index (χ1n) is 10.5. The lowest BCUT2D eigenvalue weighted by Crippen LogP contribution is -2.30. The van der Waals surface area contributed by atoms with E-state index < -0.39 is 0 Å². The molecule has 4 aromatic rings. The Hall–Kier alpha value is -3.12. The van der Waals surface area contributed by atoms with Gasteiger partial charge in [0.2, 0.25) is 11.4 Å². The summed E-state index contributed by atoms with van der Waals surface area (Å²) < 4.78 is 8.41. The Bertz CT molecular complexity index is 1270. The molecule has 3 nitrogen and oxygen atoms in total. The number of aryl methyl sites for hydroxylation is 2. The van der Waals surface area contributed by atoms with E-state index in [-0.39, 0.29) is 0 Å². The Morgan fingerprint density at radius 1 is 1.07 bits per heavy atom. The summed E-state index contributed by atoms with van der Waals surface area (Å²) in [7, 11) is 2.02. The normalized spacial score (nSPS) is 15.1. The molecular formula is C26H25N2O+. The minimum absolute atomic E-state index is 0.594. The smallest absolute Gasteiger partial charge is 0.243 e. The molecule has 5 rings (SSSR count). The molecular weight excluding hydrogens is 356 g/mol. The first-order valence-corrected chi connectivity index (χ1v) is 10.5. The largest absolute Gasteiger partial charge is 0.467 e. The molecule has 144 valence electrons. The molecule has 0 radical (unpaired) electrons. The second-order valence-corrected chi connectivity index (χ2v) is 8.26. The maximum atomic E-state index is 7.96. The standard InChI is InChI=1S/C26H25N2O/c1-17-16-20-24-19(18-10-5-4-6-11-18)12-9-14-22(24)29-26(20)25(27-2)23(17)21-13-7-8-15-28(21)3/h7-9,12-16,18H,4-6,10-11H2,1,3H3/q+1. The zero-order valence-corrected chi connectivity index (χ0v) is 17.0. The first-order chi connectivity index (χ1) is 14.2. The van der Waals surface area contributed by atoms with Gasteiger partial charge in [0.05, 0.1) is 12.1 Å². The van der Waals surface area contributed by atoms with Crippen LogP contribution in [0.25, 0.3) is 38.0 Å². The van der Waals surface area contributed by atoms with Crippen LogP contribution in [0.4, 0.5) is 5.69 Å². The van der Waals surface area contributed by atoms with Gasteiger partial charge < -0.3 is 4.42 Å². The molecule has 0 atom stereocenters. The van der Waals surface area contributed by atoms with Gasteiger partial charge in [0.25, 0.3) is 0 Å². The minimum Gasteiger partial charge on any atom is -0.467 e. The van der Waals surface area contributed by atoms with E-state index in [0.29, 0.717) is 11.6 Å². The number of pyridine rings is 1. The quantitative estimate of drug-likeness (QED) is 0.271. The highest BCUT2D eigenvalue weighted by atomic mass is 16.3. The second kappa shape index (κ2) is 7.04. The van der Waals surface area contributed by atoms with Gasteiger partial charge in [-0.25, -0.2) is 9.41 Å². The molecule has 0 unspecified atom stereocenters. The third-order valence-corrected chi connectivity index (χ3v) is 6.46. The van der Waals surface area contributed by atoms with E-state index in [4.69, 9.17) is 11.0 Å². The number of hydrogen-bond donors (Lipinski definition) is 0. The summed E-state index contributed by atoms with van der Waals surface area (Å²) in [6, 6.07) is 14.7. The number of benzene rings is 2. The molecule has 0 amide bonds. The average Bonchev–Trinajstić information content (AvgIpc) is 3.12. The molecule has 0 spiro atoms. The highest BCUT2D eigenvalue weighted by molar-refractivity contribution is 6.13. The fraction of sp³-hybridized carbons (Fsp3) is 0.308. The van der Waals surface area contributed by atoms with Crippen LogP contribution in [-0.2, 0) is 7.05 Å². The Morgan fingerprint density at radius 3 is 2.66 bits per heavy atom. The summed E-state index contributed by atoms with van der Waals surface area (Å²) >= 11 is 0. The molecule has 1 saturated carbocycles. The van der Waals surface area contributed by atoms with Crippen LogP contribution < -0.4 is 4.57 Å². The molecule has 0 aliphatic heterocycles. The van der Waals surface area contributed by atoms with E-state index in [9.17, 15) is 0 Å². The zero-order chi connectivity index (χ0) is 20.0. The third-order valence-electron chi connectivity index (χ3n) is 6.46. The van der Waals surface area contributed by atoms with Crippen molar-refractivity contribution in [2.45, 2.75) is 44.9 Å². The maximum Gasteiger partial charge on any atom is 0.243 e. The van der Waals surface area contributed by atoms with Gasteiger partial charge in [0.15, 0.2) is 6.20 Å². The Kier molecular flexibility index (Phi) is 4.36. The number of furan rings is 1. The fourth-order valence-corrected chi connectivity index (χ4v) is 5.07. The molecule has 2 heterocycles. The van der Waals surface area contributed by atoms with Crippen molar-refractivity contribution in [3.63, 3.8) is 0 Å². The van der Waals surface area contributed by atoms with Crippen molar-refractivity contribution in [1.29, 1.82) is 0 Å². The van der Waals surface area contributed by atoms with E-state index in [1.165, 1.54) is 43.1 Å². The van der Waals surface area contributed by atoms with E-state index in [1.54, 1.807) is 0 Å². The van der Waals surface area contributed by atoms with Crippen LogP contribution in [-0.4, -0.2) is 0 Å². The highest BCUT2D eigenvalue weighted by Gasteiger charge is 2.25. The van der Waals surface area contributed by atoms with Gasteiger partial charge in [-0.05, 0) is 55.0 Å². The first kappa shape index (κ1) is 17.9. The van der Waals surface area contributed by atoms with E-state index in [0.717, 1.165) is 33.4 Å². The zero-order valence-electron chi connectivity index (χ0n) is 17.0. The third kappa shape index (κ3) is 2.83. The lowest BCUT2D eigenvalue weighted by Gasteiger charge is -2.22. The summed E-state index contributed by atoms with van der Waals surface area (Å²) in [6.45, 7) is 10.1. The predicted molar refractivity (Wildman–Crippen MR) is 117 cm³/mol. The van der Waals surface area contributed by atoms with Crippen molar-refractivity contribution in [3.8, 4) is 11.3 Å². The molecule has 3 heteroatoms. The maximum absolute atomic E-state index is 7.96. The molecule has 1 aliphatic rings. The second-order valence-electron chi connectivity index (χ2n) is 8.26. The fourth-order valence-electron chi connectivity index (χ4n) is 5.07. The summed E-state index contributed by atoms with van der Waals surface area (Å²) in [5.41, 5.74) is 6.76. The van der Waals surface area contributed by atoms with Gasteiger partial charge in [-0.1, -0.05) is 31.4 Å². The Morgan fingerprint density at radius 2 is 1.90 bits per heavy atom. The van der Waals surface area contributed by atoms with Crippen LogP contribution in [0, 0.1) is 13.5 Å². The molecule has 1 aliphatic carbocycles. The van der Waals surface area contributed by atoms with E-state index in [1.807, 2.05) is 31.4 Å². The number of aromatic nitrogens is 1. The highest BCUT2D eigenvalue weighted by Crippen LogP contribution is 2.46. The molecule has 0 N–H and O–H groups in total. The number of nitrogens with zero attached hydrogens (tertiary/aromatic N) is 2. The predicted octanol–water partition coefficient (Wildman–Crippen LogP) is 6.98. The van der Waals surface area contributed by atoms with Gasteiger partial charge in [-0.15, -0.1) is 0 Å². The molecule has 0 saturated heterocycles. The average molecular weight is 381 g/mol. The molecule has 29 heavy (non-hydrogen) atoms. The van der Waals surface area contributed by atoms with Crippen molar-refractivity contribution in [3.05, 3.63) is 71.2 Å². The van der Waals surface area contributed by atoms with Crippen molar-refractivity contribution in [2.24, 2.45) is 7.05 Å². The van der Waals surface area contributed by atoms with Crippen LogP contribution in [0.2, 0.25) is 0 Å². The van der Waals surface area contributed by atoms with Gasteiger partial charge >= 0.3 is 0 Å². The summed E-state index contributed by atoms with van der Waals surface area (Å²) in [6.07, 6.45) is 8.47. The van der Waals surface area contributed by atoms with Crippen molar-refractivity contribution < 1.29 is 8.98 Å². The summed E-state index contributed by atoms with van der Waals surface area (Å²) in [5, 5.41) is 2.30. The molecule has 1 fully saturated rings. The Balaban J connectivity index is 1.83. The van der Waals surface area contributed by atoms with Crippen LogP contribution in [0.5, 0.6) is 0 Å². The number of hydrogen-bond acceptors (Lipinski definition) is 1. The van der Waals surface area contributed by atoms with Crippen LogP contribution in [0.15, 0.2) is 53.1 Å². The van der Waals surface area contributed by atoms with Crippen LogP contribution in [0.1, 0.15) is 49.1 Å². The van der Waals surface area contributed by atoms with Crippen molar-refractivity contribution >= 4 is 27.6 Å². The van der Waals surface area contributed by atoms with E-state index >= 15 is 0 Å². The minimum atomic E-state index is 0.594. The van der Waals surface area contributed by atoms with E-state index in [2.05, 4.69) is 40.6 Å². The number of rotatable bonds is 2.